The zero-order chi connectivity index (χ0) is 17.9. The monoisotopic (exact) mass is 375 g/mol. The molecule has 0 aliphatic carbocycles. The van der Waals surface area contributed by atoms with E-state index in [0.29, 0.717) is 25.2 Å². The van der Waals surface area contributed by atoms with Crippen LogP contribution in [-0.4, -0.2) is 71.2 Å². The third-order valence-electron chi connectivity index (χ3n) is 4.28. The highest BCUT2D eigenvalue weighted by Gasteiger charge is 2.41. The molecule has 1 aromatic heterocycles. The van der Waals surface area contributed by atoms with E-state index in [-0.39, 0.29) is 12.4 Å². The highest BCUT2D eigenvalue weighted by atomic mass is 32.1. The van der Waals surface area contributed by atoms with E-state index in [1.165, 1.54) is 4.88 Å². The summed E-state index contributed by atoms with van der Waals surface area (Å²) in [5.74, 6) is 0.491. The summed E-state index contributed by atoms with van der Waals surface area (Å²) in [6.07, 6.45) is 4.64. The van der Waals surface area contributed by atoms with Gasteiger partial charge in [0.25, 0.3) is 0 Å². The molecule has 0 radical (unpaired) electrons. The summed E-state index contributed by atoms with van der Waals surface area (Å²) in [5, 5.41) is 0. The van der Waals surface area contributed by atoms with E-state index >= 15 is 0 Å². The molecule has 4 atom stereocenters. The quantitative estimate of drug-likeness (QED) is 0.798. The smallest absolute Gasteiger partial charge is 0.163 e. The Morgan fingerprint density at radius 1 is 1.12 bits per heavy atom. The molecule has 7 nitrogen and oxygen atoms in total. The Bertz CT molecular complexity index is 440. The summed E-state index contributed by atoms with van der Waals surface area (Å²) >= 11 is 1.61. The van der Waals surface area contributed by atoms with Gasteiger partial charge in [-0.25, -0.2) is 0 Å². The lowest BCUT2D eigenvalue weighted by Crippen LogP contribution is -2.21. The average Bonchev–Trinajstić information content (AvgIpc) is 3.39. The van der Waals surface area contributed by atoms with Gasteiger partial charge in [0.05, 0.1) is 49.0 Å². The van der Waals surface area contributed by atoms with Crippen LogP contribution in [0.3, 0.4) is 0 Å². The molecule has 0 N–H and O–H groups in total. The van der Waals surface area contributed by atoms with Crippen LogP contribution in [-0.2, 0) is 35.0 Å². The second-order valence-electron chi connectivity index (χ2n) is 5.92. The Kier molecular flexibility index (Phi) is 9.85. The fourth-order valence-electron chi connectivity index (χ4n) is 2.82. The van der Waals surface area contributed by atoms with Gasteiger partial charge in [-0.15, -0.1) is 11.3 Å². The van der Waals surface area contributed by atoms with Crippen molar-refractivity contribution in [2.75, 3.05) is 47.8 Å². The summed E-state index contributed by atoms with van der Waals surface area (Å²) in [4.78, 5) is 5.05. The zero-order valence-electron chi connectivity index (χ0n) is 15.2. The normalized spacial score (nSPS) is 30.2. The predicted octanol–water partition coefficient (Wildman–Crippen LogP) is 2.11. The maximum atomic E-state index is 5.33. The minimum absolute atomic E-state index is 0.0324. The Hall–Kier alpha value is -0.610. The highest BCUT2D eigenvalue weighted by Crippen LogP contribution is 2.32. The molecule has 8 heteroatoms. The van der Waals surface area contributed by atoms with Gasteiger partial charge in [0.1, 0.15) is 0 Å². The van der Waals surface area contributed by atoms with Gasteiger partial charge in [-0.1, -0.05) is 0 Å². The van der Waals surface area contributed by atoms with Crippen LogP contribution in [0.15, 0.2) is 11.7 Å². The third kappa shape index (κ3) is 6.90. The minimum Gasteiger partial charge on any atom is -0.379 e. The molecule has 3 fully saturated rings. The molecule has 3 aliphatic rings. The van der Waals surface area contributed by atoms with Gasteiger partial charge in [0.2, 0.25) is 0 Å². The Morgan fingerprint density at radius 3 is 2.56 bits per heavy atom. The molecule has 0 bridgehead atoms. The van der Waals surface area contributed by atoms with E-state index in [9.17, 15) is 0 Å². The van der Waals surface area contributed by atoms with Crippen molar-refractivity contribution in [2.45, 2.75) is 37.9 Å². The van der Waals surface area contributed by atoms with Crippen LogP contribution in [0.1, 0.15) is 17.7 Å². The number of fused-ring (bicyclic) bond motifs is 1. The number of hydrogen-bond acceptors (Lipinski definition) is 8. The van der Waals surface area contributed by atoms with Crippen molar-refractivity contribution in [3.05, 3.63) is 16.6 Å². The van der Waals surface area contributed by atoms with Gasteiger partial charge in [0.15, 0.2) is 6.29 Å². The second kappa shape index (κ2) is 11.9. The first kappa shape index (κ1) is 20.7. The van der Waals surface area contributed by atoms with Crippen molar-refractivity contribution in [3.63, 3.8) is 0 Å². The summed E-state index contributed by atoms with van der Waals surface area (Å²) in [6.45, 7) is 3.88. The third-order valence-corrected chi connectivity index (χ3v) is 5.03. The van der Waals surface area contributed by atoms with Gasteiger partial charge in [0, 0.05) is 40.1 Å². The van der Waals surface area contributed by atoms with Gasteiger partial charge in [-0.05, 0) is 12.8 Å². The number of thiazole rings is 1. The highest BCUT2D eigenvalue weighted by molar-refractivity contribution is 7.09. The fourth-order valence-corrected chi connectivity index (χ4v) is 3.39. The van der Waals surface area contributed by atoms with Crippen molar-refractivity contribution in [3.8, 4) is 0 Å². The molecule has 0 amide bonds. The van der Waals surface area contributed by atoms with E-state index < -0.39 is 0 Å². The van der Waals surface area contributed by atoms with E-state index in [0.717, 1.165) is 32.7 Å². The standard InChI is InChI=1S/C7H12O3.C5H7NOS.C5H10O2/c1-8-6-4-10-7-5(6)2-3-9-7;1-7-3-5-2-6-4-8-5;1-6-5-2-3-7-4-5/h5-7H,2-4H2,1H3;2,4H,3H2,1H3;5H,2-4H2,1H3/t5-,6-,7+;;5-/m0.0/s1. The molecule has 4 heterocycles. The van der Waals surface area contributed by atoms with Crippen LogP contribution < -0.4 is 0 Å². The molecule has 144 valence electrons. The molecule has 0 unspecified atom stereocenters. The first-order valence-electron chi connectivity index (χ1n) is 8.51. The van der Waals surface area contributed by atoms with Gasteiger partial charge < -0.3 is 28.4 Å². The molecule has 0 saturated carbocycles. The number of nitrogens with zero attached hydrogens (tertiary/aromatic N) is 1. The first-order chi connectivity index (χ1) is 12.3. The number of aromatic nitrogens is 1. The molecule has 3 aliphatic heterocycles. The number of methoxy groups -OCH3 is 3. The molecule has 4 rings (SSSR count). The second-order valence-corrected chi connectivity index (χ2v) is 6.89. The SMILES string of the molecule is COCc1cncs1.CO[C@H]1CCOC1.CO[C@H]1CO[C@H]2OCC[C@H]21. The summed E-state index contributed by atoms with van der Waals surface area (Å²) < 4.78 is 30.7. The fraction of sp³-hybridized carbons (Fsp3) is 0.824. The molecular weight excluding hydrogens is 346 g/mol. The zero-order valence-corrected chi connectivity index (χ0v) is 16.0. The number of ether oxygens (including phenoxy) is 6. The first-order valence-corrected chi connectivity index (χ1v) is 9.39. The Balaban J connectivity index is 0.000000138. The van der Waals surface area contributed by atoms with Crippen molar-refractivity contribution < 1.29 is 28.4 Å². The van der Waals surface area contributed by atoms with Crippen LogP contribution in [0.5, 0.6) is 0 Å². The van der Waals surface area contributed by atoms with E-state index in [2.05, 4.69) is 4.98 Å². The lowest BCUT2D eigenvalue weighted by atomic mass is 10.0. The van der Waals surface area contributed by atoms with Crippen LogP contribution in [0, 0.1) is 5.92 Å². The average molecular weight is 375 g/mol. The Labute approximate surface area is 153 Å². The number of hydrogen-bond donors (Lipinski definition) is 0. The van der Waals surface area contributed by atoms with Crippen molar-refractivity contribution >= 4 is 11.3 Å². The predicted molar refractivity (Wildman–Crippen MR) is 93.7 cm³/mol. The van der Waals surface area contributed by atoms with Crippen LogP contribution in [0.4, 0.5) is 0 Å². The molecule has 25 heavy (non-hydrogen) atoms. The minimum atomic E-state index is 0.0324. The number of rotatable bonds is 4. The van der Waals surface area contributed by atoms with Crippen molar-refractivity contribution in [1.29, 1.82) is 0 Å². The largest absolute Gasteiger partial charge is 0.379 e. The van der Waals surface area contributed by atoms with Crippen molar-refractivity contribution in [1.82, 2.24) is 4.98 Å². The summed E-state index contributed by atoms with van der Waals surface area (Å²) in [5.41, 5.74) is 1.80. The van der Waals surface area contributed by atoms with Gasteiger partial charge in [-0.2, -0.15) is 0 Å². The molecule has 0 spiro atoms. The van der Waals surface area contributed by atoms with E-state index in [4.69, 9.17) is 28.4 Å². The van der Waals surface area contributed by atoms with Gasteiger partial charge in [-0.3, -0.25) is 4.98 Å². The molecule has 0 aromatic carbocycles. The van der Waals surface area contributed by atoms with E-state index in [1.54, 1.807) is 38.2 Å². The molecule has 3 saturated heterocycles. The Morgan fingerprint density at radius 2 is 2.00 bits per heavy atom. The topological polar surface area (TPSA) is 68.3 Å². The maximum absolute atomic E-state index is 5.33. The lowest BCUT2D eigenvalue weighted by molar-refractivity contribution is -0.0907. The van der Waals surface area contributed by atoms with Gasteiger partial charge >= 0.3 is 0 Å². The summed E-state index contributed by atoms with van der Waals surface area (Å²) in [7, 11) is 5.13. The van der Waals surface area contributed by atoms with Crippen LogP contribution in [0.25, 0.3) is 0 Å². The maximum Gasteiger partial charge on any atom is 0.163 e. The molecule has 1 aromatic rings. The van der Waals surface area contributed by atoms with Crippen molar-refractivity contribution in [2.24, 2.45) is 5.92 Å². The summed E-state index contributed by atoms with van der Waals surface area (Å²) in [6, 6.07) is 0. The van der Waals surface area contributed by atoms with E-state index in [1.807, 2.05) is 6.20 Å². The molecular formula is C17H29NO6S. The van der Waals surface area contributed by atoms with Crippen LogP contribution in [0.2, 0.25) is 0 Å². The lowest BCUT2D eigenvalue weighted by Gasteiger charge is -2.11. The van der Waals surface area contributed by atoms with Crippen LogP contribution >= 0.6 is 11.3 Å².